The molecule has 0 aliphatic carbocycles. The molecule has 1 N–H and O–H groups in total. The third-order valence-corrected chi connectivity index (χ3v) is 5.33. The molecular formula is C22H24N4O2S. The van der Waals surface area contributed by atoms with E-state index in [-0.39, 0.29) is 24.1 Å². The largest absolute Gasteiger partial charge is 0.336 e. The van der Waals surface area contributed by atoms with Gasteiger partial charge in [-0.15, -0.1) is 0 Å². The van der Waals surface area contributed by atoms with Crippen LogP contribution in [0.3, 0.4) is 0 Å². The first kappa shape index (κ1) is 20.7. The second kappa shape index (κ2) is 9.93. The van der Waals surface area contributed by atoms with Gasteiger partial charge < -0.3 is 14.8 Å². The van der Waals surface area contributed by atoms with Gasteiger partial charge in [-0.3, -0.25) is 9.59 Å². The van der Waals surface area contributed by atoms with Crippen LogP contribution < -0.4 is 5.32 Å². The maximum atomic E-state index is 12.4. The van der Waals surface area contributed by atoms with Crippen molar-refractivity contribution in [1.82, 2.24) is 14.5 Å². The molecule has 6 nitrogen and oxygen atoms in total. The molecule has 29 heavy (non-hydrogen) atoms. The van der Waals surface area contributed by atoms with Crippen LogP contribution in [0.4, 0.5) is 5.69 Å². The molecule has 1 heterocycles. The van der Waals surface area contributed by atoms with Crippen molar-refractivity contribution in [1.29, 1.82) is 0 Å². The Balaban J connectivity index is 1.48. The average Bonchev–Trinajstić information content (AvgIpc) is 3.15. The molecule has 3 aromatic rings. The van der Waals surface area contributed by atoms with Crippen LogP contribution in [0.2, 0.25) is 0 Å². The van der Waals surface area contributed by atoms with Crippen molar-refractivity contribution in [3.8, 4) is 0 Å². The van der Waals surface area contributed by atoms with Crippen LogP contribution in [-0.4, -0.2) is 45.6 Å². The van der Waals surface area contributed by atoms with E-state index in [0.29, 0.717) is 6.54 Å². The molecule has 0 unspecified atom stereocenters. The van der Waals surface area contributed by atoms with Crippen molar-refractivity contribution in [2.45, 2.75) is 18.6 Å². The Kier molecular flexibility index (Phi) is 7.08. The zero-order chi connectivity index (χ0) is 20.6. The SMILES string of the molecule is Cc1ccc(NC(=O)CN(C)C(=O)CSc2nccn2Cc2ccccc2)cc1. The van der Waals surface area contributed by atoms with Gasteiger partial charge in [-0.1, -0.05) is 59.8 Å². The van der Waals surface area contributed by atoms with Crippen molar-refractivity contribution in [3.63, 3.8) is 0 Å². The number of nitrogens with one attached hydrogen (secondary N) is 1. The minimum Gasteiger partial charge on any atom is -0.336 e. The highest BCUT2D eigenvalue weighted by atomic mass is 32.2. The molecule has 0 aliphatic heterocycles. The van der Waals surface area contributed by atoms with Crippen LogP contribution in [0.25, 0.3) is 0 Å². The Morgan fingerprint density at radius 3 is 2.55 bits per heavy atom. The zero-order valence-corrected chi connectivity index (χ0v) is 17.4. The molecule has 0 saturated carbocycles. The van der Waals surface area contributed by atoms with E-state index < -0.39 is 0 Å². The van der Waals surface area contributed by atoms with Gasteiger partial charge >= 0.3 is 0 Å². The van der Waals surface area contributed by atoms with Gasteiger partial charge in [-0.25, -0.2) is 4.98 Å². The Labute approximate surface area is 174 Å². The van der Waals surface area contributed by atoms with Crippen LogP contribution in [0, 0.1) is 6.92 Å². The fourth-order valence-electron chi connectivity index (χ4n) is 2.71. The molecule has 1 aromatic heterocycles. The van der Waals surface area contributed by atoms with Crippen molar-refractivity contribution < 1.29 is 9.59 Å². The fraction of sp³-hybridized carbons (Fsp3) is 0.227. The summed E-state index contributed by atoms with van der Waals surface area (Å²) in [5, 5.41) is 3.58. The Bertz CT molecular complexity index is 954. The summed E-state index contributed by atoms with van der Waals surface area (Å²) in [6.45, 7) is 2.69. The number of hydrogen-bond acceptors (Lipinski definition) is 4. The van der Waals surface area contributed by atoms with E-state index in [1.807, 2.05) is 60.2 Å². The highest BCUT2D eigenvalue weighted by Crippen LogP contribution is 2.18. The molecule has 0 bridgehead atoms. The first-order valence-corrected chi connectivity index (χ1v) is 10.3. The van der Waals surface area contributed by atoms with Gasteiger partial charge in [0.1, 0.15) is 0 Å². The molecule has 0 spiro atoms. The van der Waals surface area contributed by atoms with E-state index in [0.717, 1.165) is 16.4 Å². The van der Waals surface area contributed by atoms with Crippen LogP contribution in [0.1, 0.15) is 11.1 Å². The number of aromatic nitrogens is 2. The highest BCUT2D eigenvalue weighted by molar-refractivity contribution is 7.99. The normalized spacial score (nSPS) is 10.6. The molecule has 0 radical (unpaired) electrons. The lowest BCUT2D eigenvalue weighted by Crippen LogP contribution is -2.36. The molecule has 0 atom stereocenters. The van der Waals surface area contributed by atoms with E-state index in [1.54, 1.807) is 13.2 Å². The number of benzene rings is 2. The first-order chi connectivity index (χ1) is 14.0. The van der Waals surface area contributed by atoms with Gasteiger partial charge in [0.15, 0.2) is 5.16 Å². The molecule has 3 rings (SSSR count). The molecule has 0 aliphatic rings. The summed E-state index contributed by atoms with van der Waals surface area (Å²) >= 11 is 1.37. The Morgan fingerprint density at radius 2 is 1.83 bits per heavy atom. The van der Waals surface area contributed by atoms with Gasteiger partial charge in [0.25, 0.3) is 0 Å². The van der Waals surface area contributed by atoms with Gasteiger partial charge in [0, 0.05) is 31.7 Å². The van der Waals surface area contributed by atoms with Crippen LogP contribution in [0.5, 0.6) is 0 Å². The minimum atomic E-state index is -0.222. The van der Waals surface area contributed by atoms with E-state index in [1.165, 1.54) is 22.2 Å². The molecule has 7 heteroatoms. The quantitative estimate of drug-likeness (QED) is 0.580. The lowest BCUT2D eigenvalue weighted by Gasteiger charge is -2.17. The lowest BCUT2D eigenvalue weighted by molar-refractivity contribution is -0.131. The number of likely N-dealkylation sites (N-methyl/N-ethyl adjacent to an activating group) is 1. The van der Waals surface area contributed by atoms with Crippen molar-refractivity contribution in [2.75, 3.05) is 24.7 Å². The van der Waals surface area contributed by atoms with Gasteiger partial charge in [0.05, 0.1) is 12.3 Å². The van der Waals surface area contributed by atoms with Crippen molar-refractivity contribution >= 4 is 29.3 Å². The topological polar surface area (TPSA) is 67.2 Å². The van der Waals surface area contributed by atoms with Crippen molar-refractivity contribution in [3.05, 3.63) is 78.1 Å². The molecule has 150 valence electrons. The number of thioether (sulfide) groups is 1. The second-order valence-electron chi connectivity index (χ2n) is 6.78. The number of carbonyl (C=O) groups is 2. The number of carbonyl (C=O) groups excluding carboxylic acids is 2. The van der Waals surface area contributed by atoms with Crippen LogP contribution >= 0.6 is 11.8 Å². The number of aryl methyl sites for hydroxylation is 1. The summed E-state index contributed by atoms with van der Waals surface area (Å²) in [5.41, 5.74) is 3.01. The predicted octanol–water partition coefficient (Wildman–Crippen LogP) is 3.43. The molecular weight excluding hydrogens is 384 g/mol. The molecule has 0 fully saturated rings. The molecule has 2 aromatic carbocycles. The standard InChI is InChI=1S/C22H24N4O2S/c1-17-8-10-19(11-9-17)24-20(27)15-25(2)21(28)16-29-22-23-12-13-26(22)14-18-6-4-3-5-7-18/h3-13H,14-16H2,1-2H3,(H,24,27). The number of amides is 2. The summed E-state index contributed by atoms with van der Waals surface area (Å²) in [5.74, 6) is -0.122. The second-order valence-corrected chi connectivity index (χ2v) is 7.72. The van der Waals surface area contributed by atoms with Crippen LogP contribution in [0.15, 0.2) is 72.1 Å². The minimum absolute atomic E-state index is 0.00568. The van der Waals surface area contributed by atoms with Crippen LogP contribution in [-0.2, 0) is 16.1 Å². The smallest absolute Gasteiger partial charge is 0.243 e. The van der Waals surface area contributed by atoms with E-state index >= 15 is 0 Å². The summed E-state index contributed by atoms with van der Waals surface area (Å²) < 4.78 is 2.01. The fourth-order valence-corrected chi connectivity index (χ4v) is 3.61. The number of imidazole rings is 1. The third kappa shape index (κ3) is 6.22. The summed E-state index contributed by atoms with van der Waals surface area (Å²) in [6, 6.07) is 17.6. The number of nitrogens with zero attached hydrogens (tertiary/aromatic N) is 3. The van der Waals surface area contributed by atoms with E-state index in [9.17, 15) is 9.59 Å². The van der Waals surface area contributed by atoms with Gasteiger partial charge in [-0.2, -0.15) is 0 Å². The highest BCUT2D eigenvalue weighted by Gasteiger charge is 2.15. The lowest BCUT2D eigenvalue weighted by atomic mass is 10.2. The molecule has 2 amide bonds. The van der Waals surface area contributed by atoms with E-state index in [4.69, 9.17) is 0 Å². The summed E-state index contributed by atoms with van der Waals surface area (Å²) in [4.78, 5) is 30.4. The summed E-state index contributed by atoms with van der Waals surface area (Å²) in [7, 11) is 1.63. The zero-order valence-electron chi connectivity index (χ0n) is 16.5. The maximum Gasteiger partial charge on any atom is 0.243 e. The number of rotatable bonds is 8. The van der Waals surface area contributed by atoms with Crippen molar-refractivity contribution in [2.24, 2.45) is 0 Å². The monoisotopic (exact) mass is 408 g/mol. The Hall–Kier alpha value is -3.06. The summed E-state index contributed by atoms with van der Waals surface area (Å²) in [6.07, 6.45) is 3.63. The number of anilines is 1. The third-order valence-electron chi connectivity index (χ3n) is 4.34. The average molecular weight is 409 g/mol. The van der Waals surface area contributed by atoms with Gasteiger partial charge in [-0.05, 0) is 24.6 Å². The molecule has 0 saturated heterocycles. The maximum absolute atomic E-state index is 12.4. The predicted molar refractivity (Wildman–Crippen MR) is 116 cm³/mol. The Morgan fingerprint density at radius 1 is 1.10 bits per heavy atom. The van der Waals surface area contributed by atoms with Gasteiger partial charge in [0.2, 0.25) is 11.8 Å². The first-order valence-electron chi connectivity index (χ1n) is 9.29. The number of hydrogen-bond donors (Lipinski definition) is 1. The van der Waals surface area contributed by atoms with E-state index in [2.05, 4.69) is 22.4 Å².